The molecular weight excluding hydrogens is 224 g/mol. The largest absolute Gasteiger partial charge is 0.472 e. The molecule has 0 aliphatic rings. The van der Waals surface area contributed by atoms with E-state index >= 15 is 0 Å². The molecule has 0 radical (unpaired) electrons. The summed E-state index contributed by atoms with van der Waals surface area (Å²) in [4.78, 5) is 12.0. The van der Waals surface area contributed by atoms with Crippen molar-refractivity contribution in [3.05, 3.63) is 58.5 Å². The minimum Gasteiger partial charge on any atom is -0.472 e. The Labute approximate surface area is 98.8 Å². The zero-order valence-electron chi connectivity index (χ0n) is 8.87. The highest BCUT2D eigenvalue weighted by molar-refractivity contribution is 6.31. The van der Waals surface area contributed by atoms with Gasteiger partial charge in [-0.3, -0.25) is 4.79 Å². The molecule has 1 aromatic heterocycles. The molecule has 16 heavy (non-hydrogen) atoms. The van der Waals surface area contributed by atoms with Crippen LogP contribution in [0.4, 0.5) is 0 Å². The predicted molar refractivity (Wildman–Crippen MR) is 62.9 cm³/mol. The number of carbonyl (C=O) groups is 1. The third kappa shape index (κ3) is 2.34. The van der Waals surface area contributed by atoms with Crippen LogP contribution in [0.1, 0.15) is 21.5 Å². The first-order valence-corrected chi connectivity index (χ1v) is 5.35. The van der Waals surface area contributed by atoms with Crippen molar-refractivity contribution in [2.75, 3.05) is 0 Å². The molecule has 0 aliphatic carbocycles. The summed E-state index contributed by atoms with van der Waals surface area (Å²) in [6.45, 7) is 1.90. The van der Waals surface area contributed by atoms with Crippen LogP contribution < -0.4 is 0 Å². The molecule has 2 rings (SSSR count). The van der Waals surface area contributed by atoms with E-state index in [1.54, 1.807) is 30.7 Å². The van der Waals surface area contributed by atoms with Crippen LogP contribution in [0.2, 0.25) is 5.02 Å². The Balaban J connectivity index is 2.24. The molecule has 0 amide bonds. The van der Waals surface area contributed by atoms with Gasteiger partial charge < -0.3 is 4.42 Å². The fourth-order valence-corrected chi connectivity index (χ4v) is 1.74. The molecule has 0 saturated carbocycles. The maximum Gasteiger partial charge on any atom is 0.167 e. The van der Waals surface area contributed by atoms with Crippen molar-refractivity contribution in [1.29, 1.82) is 0 Å². The third-order valence-corrected chi connectivity index (χ3v) is 2.68. The van der Waals surface area contributed by atoms with Crippen molar-refractivity contribution >= 4 is 17.4 Å². The lowest BCUT2D eigenvalue weighted by Crippen LogP contribution is -2.04. The number of rotatable bonds is 3. The van der Waals surface area contributed by atoms with E-state index < -0.39 is 0 Å². The SMILES string of the molecule is Cc1ccc(Cl)cc1C(=O)Cc1ccoc1. The monoisotopic (exact) mass is 234 g/mol. The zero-order chi connectivity index (χ0) is 11.5. The van der Waals surface area contributed by atoms with Crippen molar-refractivity contribution in [1.82, 2.24) is 0 Å². The minimum absolute atomic E-state index is 0.0569. The maximum absolute atomic E-state index is 12.0. The third-order valence-electron chi connectivity index (χ3n) is 2.44. The Morgan fingerprint density at radius 1 is 1.38 bits per heavy atom. The van der Waals surface area contributed by atoms with E-state index in [0.717, 1.165) is 11.1 Å². The molecule has 3 heteroatoms. The van der Waals surface area contributed by atoms with Gasteiger partial charge in [0, 0.05) is 17.0 Å². The summed E-state index contributed by atoms with van der Waals surface area (Å²) in [6, 6.07) is 7.13. The van der Waals surface area contributed by atoms with E-state index in [4.69, 9.17) is 16.0 Å². The normalized spacial score (nSPS) is 10.4. The van der Waals surface area contributed by atoms with Gasteiger partial charge in [0.1, 0.15) is 0 Å². The van der Waals surface area contributed by atoms with E-state index in [0.29, 0.717) is 17.0 Å². The lowest BCUT2D eigenvalue weighted by atomic mass is 10.0. The molecule has 2 aromatic rings. The van der Waals surface area contributed by atoms with E-state index in [2.05, 4.69) is 0 Å². The van der Waals surface area contributed by atoms with Gasteiger partial charge in [-0.15, -0.1) is 0 Å². The highest BCUT2D eigenvalue weighted by Gasteiger charge is 2.11. The maximum atomic E-state index is 12.0. The van der Waals surface area contributed by atoms with Gasteiger partial charge >= 0.3 is 0 Å². The predicted octanol–water partition coefficient (Wildman–Crippen LogP) is 3.67. The van der Waals surface area contributed by atoms with E-state index in [9.17, 15) is 4.79 Å². The van der Waals surface area contributed by atoms with Crippen LogP contribution in [0.15, 0.2) is 41.2 Å². The summed E-state index contributed by atoms with van der Waals surface area (Å²) in [5, 5.41) is 0.584. The Hall–Kier alpha value is -1.54. The Morgan fingerprint density at radius 3 is 2.88 bits per heavy atom. The first kappa shape index (κ1) is 11.0. The van der Waals surface area contributed by atoms with E-state index in [1.165, 1.54) is 0 Å². The van der Waals surface area contributed by atoms with Crippen LogP contribution in [0, 0.1) is 6.92 Å². The highest BCUT2D eigenvalue weighted by atomic mass is 35.5. The number of benzene rings is 1. The molecule has 0 unspecified atom stereocenters. The van der Waals surface area contributed by atoms with Crippen molar-refractivity contribution < 1.29 is 9.21 Å². The summed E-state index contributed by atoms with van der Waals surface area (Å²) >= 11 is 5.87. The van der Waals surface area contributed by atoms with E-state index in [1.807, 2.05) is 13.0 Å². The second kappa shape index (κ2) is 4.54. The smallest absolute Gasteiger partial charge is 0.167 e. The Kier molecular flexibility index (Phi) is 3.11. The molecule has 0 fully saturated rings. The number of Topliss-reactive ketones (excluding diaryl/α,β-unsaturated/α-hetero) is 1. The van der Waals surface area contributed by atoms with Crippen LogP contribution in [0.25, 0.3) is 0 Å². The van der Waals surface area contributed by atoms with Crippen LogP contribution in [-0.4, -0.2) is 5.78 Å². The van der Waals surface area contributed by atoms with Crippen molar-refractivity contribution in [2.45, 2.75) is 13.3 Å². The van der Waals surface area contributed by atoms with Crippen LogP contribution in [-0.2, 0) is 6.42 Å². The number of carbonyl (C=O) groups excluding carboxylic acids is 1. The lowest BCUT2D eigenvalue weighted by molar-refractivity contribution is 0.0992. The number of furan rings is 1. The quantitative estimate of drug-likeness (QED) is 0.759. The molecule has 0 N–H and O–H groups in total. The number of hydrogen-bond acceptors (Lipinski definition) is 2. The van der Waals surface area contributed by atoms with Gasteiger partial charge in [0.2, 0.25) is 0 Å². The van der Waals surface area contributed by atoms with Gasteiger partial charge in [0.15, 0.2) is 5.78 Å². The highest BCUT2D eigenvalue weighted by Crippen LogP contribution is 2.17. The van der Waals surface area contributed by atoms with Gasteiger partial charge in [-0.2, -0.15) is 0 Å². The summed E-state index contributed by atoms with van der Waals surface area (Å²) in [6.07, 6.45) is 3.49. The molecule has 0 saturated heterocycles. The van der Waals surface area contributed by atoms with E-state index in [-0.39, 0.29) is 5.78 Å². The van der Waals surface area contributed by atoms with Gasteiger partial charge in [-0.05, 0) is 36.2 Å². The van der Waals surface area contributed by atoms with Crippen molar-refractivity contribution in [3.63, 3.8) is 0 Å². The average molecular weight is 235 g/mol. The van der Waals surface area contributed by atoms with Gasteiger partial charge in [-0.25, -0.2) is 0 Å². The second-order valence-corrected chi connectivity index (χ2v) is 4.13. The summed E-state index contributed by atoms with van der Waals surface area (Å²) < 4.78 is 4.93. The fraction of sp³-hybridized carbons (Fsp3) is 0.154. The first-order chi connectivity index (χ1) is 7.66. The first-order valence-electron chi connectivity index (χ1n) is 4.97. The summed E-state index contributed by atoms with van der Waals surface area (Å²) in [7, 11) is 0. The van der Waals surface area contributed by atoms with Crippen LogP contribution in [0.5, 0.6) is 0 Å². The van der Waals surface area contributed by atoms with Gasteiger partial charge in [0.05, 0.1) is 12.5 Å². The van der Waals surface area contributed by atoms with Crippen molar-refractivity contribution in [2.24, 2.45) is 0 Å². The topological polar surface area (TPSA) is 30.2 Å². The van der Waals surface area contributed by atoms with Crippen LogP contribution >= 0.6 is 11.6 Å². The standard InChI is InChI=1S/C13H11ClO2/c1-9-2-3-11(14)7-12(9)13(15)6-10-4-5-16-8-10/h2-5,7-8H,6H2,1H3. The fourth-order valence-electron chi connectivity index (χ4n) is 1.57. The molecule has 2 nitrogen and oxygen atoms in total. The summed E-state index contributed by atoms with van der Waals surface area (Å²) in [5.41, 5.74) is 2.50. The molecule has 1 heterocycles. The van der Waals surface area contributed by atoms with Crippen LogP contribution in [0.3, 0.4) is 0 Å². The Morgan fingerprint density at radius 2 is 2.19 bits per heavy atom. The molecule has 82 valence electrons. The number of hydrogen-bond donors (Lipinski definition) is 0. The number of aryl methyl sites for hydroxylation is 1. The van der Waals surface area contributed by atoms with Gasteiger partial charge in [-0.1, -0.05) is 17.7 Å². The molecule has 0 aliphatic heterocycles. The molecule has 1 aromatic carbocycles. The Bertz CT molecular complexity index is 501. The molecular formula is C13H11ClO2. The second-order valence-electron chi connectivity index (χ2n) is 3.69. The molecule has 0 bridgehead atoms. The lowest BCUT2D eigenvalue weighted by Gasteiger charge is -2.04. The number of halogens is 1. The molecule has 0 atom stereocenters. The van der Waals surface area contributed by atoms with Crippen molar-refractivity contribution in [3.8, 4) is 0 Å². The minimum atomic E-state index is 0.0569. The molecule has 0 spiro atoms. The summed E-state index contributed by atoms with van der Waals surface area (Å²) in [5.74, 6) is 0.0569. The zero-order valence-corrected chi connectivity index (χ0v) is 9.62. The van der Waals surface area contributed by atoms with Gasteiger partial charge in [0.25, 0.3) is 0 Å². The average Bonchev–Trinajstić information content (AvgIpc) is 2.74. The number of ketones is 1.